The van der Waals surface area contributed by atoms with E-state index in [1.54, 1.807) is 0 Å². The molecular weight excluding hydrogens is 289 g/mol. The zero-order valence-corrected chi connectivity index (χ0v) is 11.0. The molecule has 17 heavy (non-hydrogen) atoms. The number of carbonyl (C=O) groups is 1. The average Bonchev–Trinajstić information content (AvgIpc) is 2.31. The highest BCUT2D eigenvalue weighted by atomic mass is 79.9. The number of piperazine rings is 1. The summed E-state index contributed by atoms with van der Waals surface area (Å²) < 4.78 is 12.7. The summed E-state index contributed by atoms with van der Waals surface area (Å²) in [5, 5.41) is 5.06. The maximum atomic E-state index is 12.7. The first-order valence-corrected chi connectivity index (χ1v) is 5.28. The zero-order valence-electron chi connectivity index (χ0n) is 9.28. The summed E-state index contributed by atoms with van der Waals surface area (Å²) in [5.74, 6) is -0.527. The van der Waals surface area contributed by atoms with Gasteiger partial charge in [-0.15, -0.1) is 17.0 Å². The second kappa shape index (κ2) is 6.68. The van der Waals surface area contributed by atoms with Crippen molar-refractivity contribution >= 4 is 22.9 Å². The fourth-order valence-electron chi connectivity index (χ4n) is 1.59. The molecule has 2 N–H and O–H groups in total. The lowest BCUT2D eigenvalue weighted by molar-refractivity contribution is 0.0765. The van der Waals surface area contributed by atoms with E-state index in [1.807, 2.05) is 5.01 Å². The molecule has 0 saturated carbocycles. The van der Waals surface area contributed by atoms with Crippen molar-refractivity contribution in [3.63, 3.8) is 0 Å². The molecule has 0 aromatic heterocycles. The van der Waals surface area contributed by atoms with Crippen LogP contribution in [0.5, 0.6) is 0 Å². The van der Waals surface area contributed by atoms with E-state index in [2.05, 4.69) is 10.7 Å². The van der Waals surface area contributed by atoms with E-state index in [4.69, 9.17) is 0 Å². The largest absolute Gasteiger partial charge is 0.314 e. The first-order valence-electron chi connectivity index (χ1n) is 5.28. The quantitative estimate of drug-likeness (QED) is 0.855. The lowest BCUT2D eigenvalue weighted by atomic mass is 10.2. The monoisotopic (exact) mass is 303 g/mol. The number of carbonyl (C=O) groups excluding carboxylic acids is 1. The molecule has 1 aliphatic heterocycles. The van der Waals surface area contributed by atoms with Crippen LogP contribution in [0.15, 0.2) is 24.3 Å². The first-order chi connectivity index (χ1) is 7.75. The highest BCUT2D eigenvalue weighted by molar-refractivity contribution is 8.93. The van der Waals surface area contributed by atoms with Gasteiger partial charge in [-0.1, -0.05) is 0 Å². The summed E-state index contributed by atoms with van der Waals surface area (Å²) in [6.45, 7) is 3.30. The van der Waals surface area contributed by atoms with Crippen molar-refractivity contribution in [2.24, 2.45) is 0 Å². The number of hydrazine groups is 1. The molecule has 0 bridgehead atoms. The molecule has 1 aliphatic rings. The molecule has 6 heteroatoms. The maximum Gasteiger partial charge on any atom is 0.265 e. The van der Waals surface area contributed by atoms with Gasteiger partial charge in [0.15, 0.2) is 0 Å². The van der Waals surface area contributed by atoms with Gasteiger partial charge in [0.25, 0.3) is 5.91 Å². The molecular formula is C11H15BrFN3O. The van der Waals surface area contributed by atoms with Crippen LogP contribution in [0.3, 0.4) is 0 Å². The van der Waals surface area contributed by atoms with Crippen LogP contribution in [0.2, 0.25) is 0 Å². The van der Waals surface area contributed by atoms with Gasteiger partial charge in [0.05, 0.1) is 0 Å². The van der Waals surface area contributed by atoms with E-state index in [1.165, 1.54) is 24.3 Å². The van der Waals surface area contributed by atoms with Crippen LogP contribution < -0.4 is 10.7 Å². The third-order valence-corrected chi connectivity index (χ3v) is 2.48. The van der Waals surface area contributed by atoms with E-state index < -0.39 is 0 Å². The van der Waals surface area contributed by atoms with Crippen molar-refractivity contribution in [3.05, 3.63) is 35.6 Å². The fourth-order valence-corrected chi connectivity index (χ4v) is 1.59. The molecule has 0 unspecified atom stereocenters. The molecule has 1 aromatic rings. The van der Waals surface area contributed by atoms with Crippen molar-refractivity contribution in [2.75, 3.05) is 26.2 Å². The summed E-state index contributed by atoms with van der Waals surface area (Å²) in [4.78, 5) is 11.7. The Bertz CT molecular complexity index is 365. The van der Waals surface area contributed by atoms with Crippen LogP contribution in [0.1, 0.15) is 10.4 Å². The van der Waals surface area contributed by atoms with Gasteiger partial charge in [-0.05, 0) is 24.3 Å². The van der Waals surface area contributed by atoms with Crippen LogP contribution in [0, 0.1) is 5.82 Å². The minimum atomic E-state index is -0.335. The van der Waals surface area contributed by atoms with Crippen LogP contribution in [-0.2, 0) is 0 Å². The Morgan fingerprint density at radius 2 is 1.82 bits per heavy atom. The van der Waals surface area contributed by atoms with Crippen molar-refractivity contribution in [1.82, 2.24) is 15.8 Å². The summed E-state index contributed by atoms with van der Waals surface area (Å²) in [6, 6.07) is 5.53. The second-order valence-corrected chi connectivity index (χ2v) is 3.68. The molecule has 1 amide bonds. The van der Waals surface area contributed by atoms with Crippen LogP contribution in [0.25, 0.3) is 0 Å². The Labute approximate surface area is 110 Å². The van der Waals surface area contributed by atoms with E-state index in [0.717, 1.165) is 26.2 Å². The van der Waals surface area contributed by atoms with Crippen molar-refractivity contribution in [1.29, 1.82) is 0 Å². The number of hydrogen-bond donors (Lipinski definition) is 2. The Kier molecular flexibility index (Phi) is 5.54. The normalized spacial score (nSPS) is 16.1. The highest BCUT2D eigenvalue weighted by Crippen LogP contribution is 2.02. The first kappa shape index (κ1) is 14.1. The molecule has 1 aromatic carbocycles. The number of amides is 1. The van der Waals surface area contributed by atoms with Crippen molar-refractivity contribution in [3.8, 4) is 0 Å². The van der Waals surface area contributed by atoms with Crippen LogP contribution in [-0.4, -0.2) is 37.1 Å². The summed E-state index contributed by atoms with van der Waals surface area (Å²) in [7, 11) is 0. The molecule has 0 aliphatic carbocycles. The molecule has 0 atom stereocenters. The van der Waals surface area contributed by atoms with Gasteiger partial charge in [0.2, 0.25) is 0 Å². The molecule has 1 saturated heterocycles. The minimum absolute atomic E-state index is 0. The van der Waals surface area contributed by atoms with E-state index in [9.17, 15) is 9.18 Å². The summed E-state index contributed by atoms with van der Waals surface area (Å²) in [5.41, 5.74) is 3.26. The van der Waals surface area contributed by atoms with Crippen LogP contribution in [0.4, 0.5) is 4.39 Å². The molecule has 94 valence electrons. The average molecular weight is 304 g/mol. The third kappa shape index (κ3) is 4.07. The molecule has 4 nitrogen and oxygen atoms in total. The number of nitrogens with one attached hydrogen (secondary N) is 2. The Balaban J connectivity index is 0.00000144. The standard InChI is InChI=1S/C11H14FN3O.BrH/c12-10-3-1-9(2-4-10)11(16)14-15-7-5-13-6-8-15;/h1-4,13H,5-8H2,(H,14,16);1H. The van der Waals surface area contributed by atoms with Gasteiger partial charge in [0.1, 0.15) is 5.82 Å². The van der Waals surface area contributed by atoms with Crippen LogP contribution >= 0.6 is 17.0 Å². The molecule has 1 fully saturated rings. The van der Waals surface area contributed by atoms with Crippen molar-refractivity contribution in [2.45, 2.75) is 0 Å². The number of nitrogens with zero attached hydrogens (tertiary/aromatic N) is 1. The van der Waals surface area contributed by atoms with Gasteiger partial charge in [-0.2, -0.15) is 0 Å². The second-order valence-electron chi connectivity index (χ2n) is 3.68. The van der Waals surface area contributed by atoms with Gasteiger partial charge in [-0.25, -0.2) is 9.40 Å². The lowest BCUT2D eigenvalue weighted by Crippen LogP contribution is -2.52. The Hall–Kier alpha value is -0.980. The van der Waals surface area contributed by atoms with E-state index >= 15 is 0 Å². The molecule has 0 spiro atoms. The van der Waals surface area contributed by atoms with Gasteiger partial charge in [-0.3, -0.25) is 10.2 Å². The van der Waals surface area contributed by atoms with Crippen molar-refractivity contribution < 1.29 is 9.18 Å². The minimum Gasteiger partial charge on any atom is -0.314 e. The number of halogens is 2. The number of benzene rings is 1. The van der Waals surface area contributed by atoms with E-state index in [-0.39, 0.29) is 28.7 Å². The summed E-state index contributed by atoms with van der Waals surface area (Å²) in [6.07, 6.45) is 0. The van der Waals surface area contributed by atoms with Gasteiger partial charge < -0.3 is 5.32 Å². The highest BCUT2D eigenvalue weighted by Gasteiger charge is 2.13. The Morgan fingerprint density at radius 1 is 1.24 bits per heavy atom. The number of rotatable bonds is 2. The maximum absolute atomic E-state index is 12.7. The fraction of sp³-hybridized carbons (Fsp3) is 0.364. The molecule has 0 radical (unpaired) electrons. The van der Waals surface area contributed by atoms with Gasteiger partial charge >= 0.3 is 0 Å². The Morgan fingerprint density at radius 3 is 2.41 bits per heavy atom. The number of hydrogen-bond acceptors (Lipinski definition) is 3. The predicted octanol–water partition coefficient (Wildman–Crippen LogP) is 0.954. The smallest absolute Gasteiger partial charge is 0.265 e. The third-order valence-electron chi connectivity index (χ3n) is 2.48. The predicted molar refractivity (Wildman–Crippen MR) is 68.6 cm³/mol. The zero-order chi connectivity index (χ0) is 11.4. The van der Waals surface area contributed by atoms with E-state index in [0.29, 0.717) is 5.56 Å². The molecule has 2 rings (SSSR count). The topological polar surface area (TPSA) is 44.4 Å². The molecule has 1 heterocycles. The summed E-state index contributed by atoms with van der Waals surface area (Å²) >= 11 is 0. The SMILES string of the molecule is Br.O=C(NN1CCNCC1)c1ccc(F)cc1. The van der Waals surface area contributed by atoms with Gasteiger partial charge in [0, 0.05) is 31.7 Å². The lowest BCUT2D eigenvalue weighted by Gasteiger charge is -2.27.